The highest BCUT2D eigenvalue weighted by molar-refractivity contribution is 7.89. The summed E-state index contributed by atoms with van der Waals surface area (Å²) < 4.78 is 45.3. The first-order valence-corrected chi connectivity index (χ1v) is 10.1. The van der Waals surface area contributed by atoms with Gasteiger partial charge in [0.05, 0.1) is 28.8 Å². The Bertz CT molecular complexity index is 975. The van der Waals surface area contributed by atoms with Gasteiger partial charge >= 0.3 is 0 Å². The molecular formula is C18H18ClFN2O4S. The number of carbonyl (C=O) groups is 1. The van der Waals surface area contributed by atoms with E-state index in [-0.39, 0.29) is 34.3 Å². The molecule has 0 aliphatic carbocycles. The molecule has 3 rings (SSSR count). The quantitative estimate of drug-likeness (QED) is 0.837. The van der Waals surface area contributed by atoms with Crippen molar-refractivity contribution in [2.75, 3.05) is 31.6 Å². The summed E-state index contributed by atoms with van der Waals surface area (Å²) in [7, 11) is -3.72. The molecule has 0 saturated carbocycles. The number of nitrogens with zero attached hydrogens (tertiary/aromatic N) is 1. The normalized spacial score (nSPS) is 15.5. The number of anilines is 1. The Morgan fingerprint density at radius 3 is 2.56 bits per heavy atom. The molecule has 2 aromatic rings. The second kappa shape index (κ2) is 7.93. The third-order valence-electron chi connectivity index (χ3n) is 4.24. The van der Waals surface area contributed by atoms with Crippen molar-refractivity contribution in [2.24, 2.45) is 0 Å². The van der Waals surface area contributed by atoms with Gasteiger partial charge in [0.15, 0.2) is 0 Å². The van der Waals surface area contributed by atoms with E-state index in [0.29, 0.717) is 18.8 Å². The fourth-order valence-electron chi connectivity index (χ4n) is 2.72. The summed E-state index contributed by atoms with van der Waals surface area (Å²) in [6.07, 6.45) is 0. The average Bonchev–Trinajstić information content (AvgIpc) is 2.65. The molecule has 0 atom stereocenters. The maximum absolute atomic E-state index is 13.2. The zero-order chi connectivity index (χ0) is 19.6. The van der Waals surface area contributed by atoms with E-state index in [2.05, 4.69) is 5.32 Å². The molecule has 27 heavy (non-hydrogen) atoms. The number of hydrogen-bond donors (Lipinski definition) is 1. The minimum absolute atomic E-state index is 0.0327. The van der Waals surface area contributed by atoms with Crippen LogP contribution in [0.4, 0.5) is 10.1 Å². The molecule has 0 aromatic heterocycles. The topological polar surface area (TPSA) is 75.7 Å². The molecule has 9 heteroatoms. The molecule has 0 unspecified atom stereocenters. The Morgan fingerprint density at radius 1 is 1.19 bits per heavy atom. The van der Waals surface area contributed by atoms with Gasteiger partial charge in [-0.15, -0.1) is 0 Å². The van der Waals surface area contributed by atoms with Crippen molar-refractivity contribution >= 4 is 33.2 Å². The number of carbonyl (C=O) groups excluding carboxylic acids is 1. The van der Waals surface area contributed by atoms with E-state index in [1.165, 1.54) is 28.6 Å². The molecule has 1 aliphatic rings. The summed E-state index contributed by atoms with van der Waals surface area (Å²) in [5, 5.41) is 2.64. The van der Waals surface area contributed by atoms with Crippen molar-refractivity contribution < 1.29 is 22.3 Å². The summed E-state index contributed by atoms with van der Waals surface area (Å²) in [5.74, 6) is -1.05. The Morgan fingerprint density at radius 2 is 1.89 bits per heavy atom. The van der Waals surface area contributed by atoms with E-state index in [1.807, 2.05) is 0 Å². The number of morpholine rings is 1. The molecule has 0 spiro atoms. The number of nitrogens with one attached hydrogen (secondary N) is 1. The van der Waals surface area contributed by atoms with E-state index < -0.39 is 21.7 Å². The highest BCUT2D eigenvalue weighted by Gasteiger charge is 2.27. The van der Waals surface area contributed by atoms with Gasteiger partial charge in [0.25, 0.3) is 5.91 Å². The van der Waals surface area contributed by atoms with Gasteiger partial charge in [-0.1, -0.05) is 17.7 Å². The molecule has 6 nitrogen and oxygen atoms in total. The summed E-state index contributed by atoms with van der Waals surface area (Å²) in [5.41, 5.74) is 1.04. The largest absolute Gasteiger partial charge is 0.379 e. The van der Waals surface area contributed by atoms with Crippen LogP contribution in [0.15, 0.2) is 41.3 Å². The van der Waals surface area contributed by atoms with Crippen LogP contribution < -0.4 is 5.32 Å². The number of aryl methyl sites for hydroxylation is 1. The van der Waals surface area contributed by atoms with Crippen molar-refractivity contribution in [1.82, 2.24) is 4.31 Å². The highest BCUT2D eigenvalue weighted by atomic mass is 35.5. The Balaban J connectivity index is 1.89. The van der Waals surface area contributed by atoms with Crippen molar-refractivity contribution in [3.63, 3.8) is 0 Å². The molecule has 1 N–H and O–H groups in total. The summed E-state index contributed by atoms with van der Waals surface area (Å²) in [6.45, 7) is 2.90. The van der Waals surface area contributed by atoms with Gasteiger partial charge in [0.1, 0.15) is 5.82 Å². The predicted octanol–water partition coefficient (Wildman–Crippen LogP) is 3.06. The van der Waals surface area contributed by atoms with Crippen LogP contribution in [0, 0.1) is 12.7 Å². The van der Waals surface area contributed by atoms with Crippen LogP contribution in [-0.4, -0.2) is 44.9 Å². The molecule has 144 valence electrons. The molecule has 2 aromatic carbocycles. The van der Waals surface area contributed by atoms with E-state index in [9.17, 15) is 17.6 Å². The fraction of sp³-hybridized carbons (Fsp3) is 0.278. The fourth-order valence-corrected chi connectivity index (χ4v) is 4.37. The minimum Gasteiger partial charge on any atom is -0.379 e. The van der Waals surface area contributed by atoms with Gasteiger partial charge in [-0.25, -0.2) is 12.8 Å². The molecule has 1 fully saturated rings. The number of hydrogen-bond acceptors (Lipinski definition) is 4. The molecule has 1 heterocycles. The lowest BCUT2D eigenvalue weighted by Gasteiger charge is -2.26. The van der Waals surface area contributed by atoms with Crippen LogP contribution in [0.3, 0.4) is 0 Å². The van der Waals surface area contributed by atoms with Crippen LogP contribution >= 0.6 is 11.6 Å². The number of benzene rings is 2. The van der Waals surface area contributed by atoms with Crippen molar-refractivity contribution in [2.45, 2.75) is 11.8 Å². The number of sulfonamides is 1. The molecule has 0 radical (unpaired) electrons. The second-order valence-corrected chi connectivity index (χ2v) is 8.42. The van der Waals surface area contributed by atoms with Crippen LogP contribution in [0.5, 0.6) is 0 Å². The van der Waals surface area contributed by atoms with E-state index >= 15 is 0 Å². The molecule has 1 amide bonds. The molecule has 1 saturated heterocycles. The third-order valence-corrected chi connectivity index (χ3v) is 6.45. The van der Waals surface area contributed by atoms with Gasteiger partial charge in [-0.2, -0.15) is 4.31 Å². The molecular weight excluding hydrogens is 395 g/mol. The Kier molecular flexibility index (Phi) is 5.81. The highest BCUT2D eigenvalue weighted by Crippen LogP contribution is 2.25. The lowest BCUT2D eigenvalue weighted by Crippen LogP contribution is -2.40. The number of ether oxygens (including phenoxy) is 1. The first kappa shape index (κ1) is 19.8. The number of amides is 1. The summed E-state index contributed by atoms with van der Waals surface area (Å²) in [4.78, 5) is 12.7. The average molecular weight is 413 g/mol. The lowest BCUT2D eigenvalue weighted by atomic mass is 10.1. The number of rotatable bonds is 4. The zero-order valence-corrected chi connectivity index (χ0v) is 16.1. The molecule has 0 bridgehead atoms. The van der Waals surface area contributed by atoms with Gasteiger partial charge in [-0.05, 0) is 42.8 Å². The zero-order valence-electron chi connectivity index (χ0n) is 14.5. The van der Waals surface area contributed by atoms with Gasteiger partial charge in [0.2, 0.25) is 10.0 Å². The smallest absolute Gasteiger partial charge is 0.256 e. The van der Waals surface area contributed by atoms with Gasteiger partial charge < -0.3 is 10.1 Å². The summed E-state index contributed by atoms with van der Waals surface area (Å²) in [6, 6.07) is 8.00. The lowest BCUT2D eigenvalue weighted by molar-refractivity contribution is 0.0730. The molecule has 1 aliphatic heterocycles. The van der Waals surface area contributed by atoms with Crippen LogP contribution in [0.1, 0.15) is 15.9 Å². The second-order valence-electron chi connectivity index (χ2n) is 6.07. The van der Waals surface area contributed by atoms with Crippen molar-refractivity contribution in [1.29, 1.82) is 0 Å². The third kappa shape index (κ3) is 4.30. The van der Waals surface area contributed by atoms with E-state index in [1.54, 1.807) is 13.0 Å². The number of halogens is 2. The van der Waals surface area contributed by atoms with Gasteiger partial charge in [-0.3, -0.25) is 4.79 Å². The maximum atomic E-state index is 13.2. The first-order valence-electron chi connectivity index (χ1n) is 8.24. The van der Waals surface area contributed by atoms with Crippen LogP contribution in [0.25, 0.3) is 0 Å². The monoisotopic (exact) mass is 412 g/mol. The Labute approximate surface area is 161 Å². The SMILES string of the molecule is Cc1ccc(S(=O)(=O)N2CCOCC2)cc1C(=O)Nc1ccc(F)cc1Cl. The Hall–Kier alpha value is -2.00. The van der Waals surface area contributed by atoms with E-state index in [4.69, 9.17) is 16.3 Å². The maximum Gasteiger partial charge on any atom is 0.256 e. The van der Waals surface area contributed by atoms with Crippen molar-refractivity contribution in [3.8, 4) is 0 Å². The van der Waals surface area contributed by atoms with Crippen LogP contribution in [-0.2, 0) is 14.8 Å². The first-order chi connectivity index (χ1) is 12.8. The summed E-state index contributed by atoms with van der Waals surface area (Å²) >= 11 is 5.94. The van der Waals surface area contributed by atoms with Gasteiger partial charge in [0, 0.05) is 18.7 Å². The van der Waals surface area contributed by atoms with E-state index in [0.717, 1.165) is 6.07 Å². The predicted molar refractivity (Wildman–Crippen MR) is 100 cm³/mol. The standard InChI is InChI=1S/C18H18ClFN2O4S/c1-12-2-4-14(27(24,25)22-6-8-26-9-7-22)11-15(12)18(23)21-17-5-3-13(20)10-16(17)19/h2-5,10-11H,6-9H2,1H3,(H,21,23). The van der Waals surface area contributed by atoms with Crippen molar-refractivity contribution in [3.05, 3.63) is 58.4 Å². The van der Waals surface area contributed by atoms with Crippen LogP contribution in [0.2, 0.25) is 5.02 Å². The minimum atomic E-state index is -3.72.